The Morgan fingerprint density at radius 3 is 2.88 bits per heavy atom. The molecule has 1 amide bonds. The number of carbonyl (C=O) groups is 1. The van der Waals surface area contributed by atoms with Gasteiger partial charge in [0.25, 0.3) is 5.91 Å². The van der Waals surface area contributed by atoms with Gasteiger partial charge >= 0.3 is 0 Å². The minimum absolute atomic E-state index is 0.0772. The highest BCUT2D eigenvalue weighted by Gasteiger charge is 2.32. The van der Waals surface area contributed by atoms with Crippen molar-refractivity contribution < 1.29 is 9.53 Å². The van der Waals surface area contributed by atoms with E-state index in [2.05, 4.69) is 32.5 Å². The van der Waals surface area contributed by atoms with Gasteiger partial charge < -0.3 is 15.0 Å². The number of aromatic nitrogens is 4. The van der Waals surface area contributed by atoms with E-state index < -0.39 is 0 Å². The molecule has 0 spiro atoms. The largest absolute Gasteiger partial charge is 0.378 e. The van der Waals surface area contributed by atoms with Crippen LogP contribution in [0.3, 0.4) is 0 Å². The summed E-state index contributed by atoms with van der Waals surface area (Å²) in [7, 11) is 1.65. The number of anilines is 1. The van der Waals surface area contributed by atoms with E-state index in [0.717, 1.165) is 57.9 Å². The molecule has 172 valence electrons. The van der Waals surface area contributed by atoms with Gasteiger partial charge in [0.15, 0.2) is 5.82 Å². The minimum Gasteiger partial charge on any atom is -0.378 e. The van der Waals surface area contributed by atoms with Gasteiger partial charge in [0.05, 0.1) is 35.5 Å². The van der Waals surface area contributed by atoms with E-state index in [1.165, 1.54) is 0 Å². The zero-order valence-electron chi connectivity index (χ0n) is 18.7. The Morgan fingerprint density at radius 2 is 2.03 bits per heavy atom. The number of hydrogen-bond acceptors (Lipinski definition) is 7. The second-order valence-corrected chi connectivity index (χ2v) is 9.61. The maximum atomic E-state index is 12.2. The van der Waals surface area contributed by atoms with Crippen molar-refractivity contribution >= 4 is 34.4 Å². The summed E-state index contributed by atoms with van der Waals surface area (Å²) in [5.74, 6) is 1.61. The van der Waals surface area contributed by atoms with E-state index in [1.807, 2.05) is 36.5 Å². The number of benzene rings is 2. The fourth-order valence-electron chi connectivity index (χ4n) is 4.59. The number of nitrogens with zero attached hydrogens (tertiary/aromatic N) is 4. The predicted molar refractivity (Wildman–Crippen MR) is 132 cm³/mol. The molecule has 4 aromatic rings. The Labute approximate surface area is 201 Å². The van der Waals surface area contributed by atoms with Gasteiger partial charge in [-0.3, -0.25) is 9.89 Å². The van der Waals surface area contributed by atoms with Crippen LogP contribution in [-0.4, -0.2) is 59.4 Å². The Balaban J connectivity index is 1.43. The number of H-pyrrole nitrogens is 1. The molecule has 1 saturated heterocycles. The number of fused-ring (bicyclic) bond motifs is 2. The van der Waals surface area contributed by atoms with E-state index in [9.17, 15) is 4.79 Å². The van der Waals surface area contributed by atoms with E-state index in [4.69, 9.17) is 14.7 Å². The fourth-order valence-corrected chi connectivity index (χ4v) is 5.94. The molecule has 8 nitrogen and oxygen atoms in total. The minimum atomic E-state index is -0.0772. The zero-order valence-corrected chi connectivity index (χ0v) is 19.6. The molecule has 6 rings (SSSR count). The first kappa shape index (κ1) is 21.1. The van der Waals surface area contributed by atoms with E-state index in [-0.39, 0.29) is 11.2 Å². The number of morpholine rings is 1. The van der Waals surface area contributed by atoms with Crippen molar-refractivity contribution in [3.05, 3.63) is 65.5 Å². The molecule has 0 saturated carbocycles. The Hall–Kier alpha value is -3.43. The normalized spacial score (nSPS) is 17.7. The summed E-state index contributed by atoms with van der Waals surface area (Å²) >= 11 is 1.79. The highest BCUT2D eigenvalue weighted by atomic mass is 32.2. The summed E-state index contributed by atoms with van der Waals surface area (Å²) in [5, 5.41) is 11.1. The van der Waals surface area contributed by atoms with Crippen LogP contribution in [0.25, 0.3) is 22.3 Å². The van der Waals surface area contributed by atoms with Gasteiger partial charge in [-0.15, -0.1) is 11.8 Å². The highest BCUT2D eigenvalue weighted by Crippen LogP contribution is 2.50. The second-order valence-electron chi connectivity index (χ2n) is 8.40. The van der Waals surface area contributed by atoms with Gasteiger partial charge in [-0.25, -0.2) is 9.97 Å². The average Bonchev–Trinajstić information content (AvgIpc) is 3.55. The molecule has 0 bridgehead atoms. The summed E-state index contributed by atoms with van der Waals surface area (Å²) < 4.78 is 5.60. The number of ether oxygens (including phenoxy) is 1. The lowest BCUT2D eigenvalue weighted by Crippen LogP contribution is -2.37. The monoisotopic (exact) mass is 472 g/mol. The average molecular weight is 473 g/mol. The number of rotatable bonds is 4. The number of thioether (sulfide) groups is 1. The first-order valence-electron chi connectivity index (χ1n) is 11.4. The molecule has 2 aromatic heterocycles. The van der Waals surface area contributed by atoms with Gasteiger partial charge in [0, 0.05) is 48.3 Å². The molecule has 34 heavy (non-hydrogen) atoms. The number of hydrogen-bond donors (Lipinski definition) is 2. The van der Waals surface area contributed by atoms with Crippen molar-refractivity contribution in [3.63, 3.8) is 0 Å². The summed E-state index contributed by atoms with van der Waals surface area (Å²) in [4.78, 5) is 25.7. The SMILES string of the molecule is CNC(=O)c1cccc(C2Cc3nc(-c4cccc5[nH]ncc45)nc(N4CCOCC4)c3S2)c1. The Morgan fingerprint density at radius 1 is 1.18 bits per heavy atom. The smallest absolute Gasteiger partial charge is 0.251 e. The van der Waals surface area contributed by atoms with Crippen LogP contribution in [0.5, 0.6) is 0 Å². The maximum Gasteiger partial charge on any atom is 0.251 e. The van der Waals surface area contributed by atoms with Crippen LogP contribution < -0.4 is 10.2 Å². The predicted octanol–water partition coefficient (Wildman–Crippen LogP) is 3.61. The van der Waals surface area contributed by atoms with E-state index >= 15 is 0 Å². The van der Waals surface area contributed by atoms with Crippen LogP contribution in [0.4, 0.5) is 5.82 Å². The lowest BCUT2D eigenvalue weighted by Gasteiger charge is -2.29. The van der Waals surface area contributed by atoms with Crippen molar-refractivity contribution in [1.29, 1.82) is 0 Å². The molecule has 1 atom stereocenters. The quantitative estimate of drug-likeness (QED) is 0.468. The summed E-state index contributed by atoms with van der Waals surface area (Å²) in [6, 6.07) is 13.9. The summed E-state index contributed by atoms with van der Waals surface area (Å²) in [6.07, 6.45) is 2.61. The molecule has 2 aromatic carbocycles. The third-order valence-corrected chi connectivity index (χ3v) is 7.72. The molecule has 4 heterocycles. The van der Waals surface area contributed by atoms with Gasteiger partial charge in [-0.2, -0.15) is 5.10 Å². The molecule has 2 aliphatic heterocycles. The van der Waals surface area contributed by atoms with Gasteiger partial charge in [-0.1, -0.05) is 24.3 Å². The van der Waals surface area contributed by atoms with Gasteiger partial charge in [0.1, 0.15) is 5.82 Å². The molecule has 2 aliphatic rings. The van der Waals surface area contributed by atoms with Gasteiger partial charge in [-0.05, 0) is 23.8 Å². The van der Waals surface area contributed by atoms with Crippen LogP contribution in [0.1, 0.15) is 26.9 Å². The third kappa shape index (κ3) is 3.70. The van der Waals surface area contributed by atoms with Crippen LogP contribution in [-0.2, 0) is 11.2 Å². The molecule has 2 N–H and O–H groups in total. The van der Waals surface area contributed by atoms with Crippen LogP contribution in [0.2, 0.25) is 0 Å². The number of amides is 1. The van der Waals surface area contributed by atoms with Crippen molar-refractivity contribution in [2.24, 2.45) is 0 Å². The van der Waals surface area contributed by atoms with E-state index in [0.29, 0.717) is 24.6 Å². The topological polar surface area (TPSA) is 96.0 Å². The van der Waals surface area contributed by atoms with Crippen molar-refractivity contribution in [2.75, 3.05) is 38.3 Å². The molecule has 1 fully saturated rings. The molecule has 0 radical (unpaired) electrons. The van der Waals surface area contributed by atoms with Crippen LogP contribution in [0, 0.1) is 0 Å². The molecule has 0 aliphatic carbocycles. The highest BCUT2D eigenvalue weighted by molar-refractivity contribution is 8.00. The number of carbonyl (C=O) groups excluding carboxylic acids is 1. The molecular formula is C25H24N6O2S. The number of nitrogens with one attached hydrogen (secondary N) is 2. The number of aromatic amines is 1. The van der Waals surface area contributed by atoms with Gasteiger partial charge in [0.2, 0.25) is 0 Å². The first-order valence-corrected chi connectivity index (χ1v) is 12.2. The lowest BCUT2D eigenvalue weighted by molar-refractivity contribution is 0.0963. The zero-order chi connectivity index (χ0) is 23.1. The summed E-state index contributed by atoms with van der Waals surface area (Å²) in [6.45, 7) is 2.98. The Kier molecular flexibility index (Phi) is 5.43. The fraction of sp³-hybridized carbons (Fsp3) is 0.280. The van der Waals surface area contributed by atoms with Crippen LogP contribution >= 0.6 is 11.8 Å². The maximum absolute atomic E-state index is 12.2. The molecule has 1 unspecified atom stereocenters. The standard InChI is InChI=1S/C25H24N6O2S/c1-26-25(32)16-5-2-4-15(12-16)21-13-20-22(34-21)24(31-8-10-33-11-9-31)29-23(28-20)17-6-3-7-19-18(17)14-27-30-19/h2-7,12,14,21H,8-11,13H2,1H3,(H,26,32)(H,27,30). The first-order chi connectivity index (χ1) is 16.7. The van der Waals surface area contributed by atoms with Crippen molar-refractivity contribution in [2.45, 2.75) is 16.6 Å². The molecule has 9 heteroatoms. The molecular weight excluding hydrogens is 448 g/mol. The summed E-state index contributed by atoms with van der Waals surface area (Å²) in [5.41, 5.74) is 4.78. The van der Waals surface area contributed by atoms with Crippen LogP contribution in [0.15, 0.2) is 53.6 Å². The Bertz CT molecular complexity index is 1380. The van der Waals surface area contributed by atoms with E-state index in [1.54, 1.807) is 18.8 Å². The third-order valence-electron chi connectivity index (χ3n) is 6.34. The van der Waals surface area contributed by atoms with Crippen molar-refractivity contribution in [3.8, 4) is 11.4 Å². The van der Waals surface area contributed by atoms with Crippen molar-refractivity contribution in [1.82, 2.24) is 25.5 Å². The second kappa shape index (κ2) is 8.73. The lowest BCUT2D eigenvalue weighted by atomic mass is 10.0.